The van der Waals surface area contributed by atoms with E-state index in [9.17, 15) is 0 Å². The summed E-state index contributed by atoms with van der Waals surface area (Å²) in [6.07, 6.45) is 0. The Bertz CT molecular complexity index is 1890. The van der Waals surface area contributed by atoms with Crippen LogP contribution in [0.3, 0.4) is 0 Å². The number of hydrogen-bond donors (Lipinski definition) is 0. The van der Waals surface area contributed by atoms with Gasteiger partial charge in [0, 0.05) is 27.6 Å². The molecule has 4 nitrogen and oxygen atoms in total. The van der Waals surface area contributed by atoms with Gasteiger partial charge in [0.25, 0.3) is 0 Å². The van der Waals surface area contributed by atoms with Crippen molar-refractivity contribution >= 4 is 44.2 Å². The molecule has 7 rings (SSSR count). The van der Waals surface area contributed by atoms with Crippen LogP contribution in [0, 0.1) is 0 Å². The third kappa shape index (κ3) is 3.43. The predicted octanol–water partition coefficient (Wildman–Crippen LogP) is 8.11. The average Bonchev–Trinajstić information content (AvgIpc) is 3.25. The predicted molar refractivity (Wildman–Crippen MR) is 148 cm³/mol. The quantitative estimate of drug-likeness (QED) is 0.255. The van der Waals surface area contributed by atoms with Crippen LogP contribution in [0.1, 0.15) is 0 Å². The van der Waals surface area contributed by atoms with Crippen LogP contribution < -0.4 is 0 Å². The molecule has 0 radical (unpaired) electrons. The number of fused-ring (bicyclic) bond motifs is 4. The van der Waals surface area contributed by atoms with Crippen molar-refractivity contribution in [2.45, 2.75) is 0 Å². The van der Waals surface area contributed by atoms with E-state index in [-0.39, 0.29) is 5.28 Å². The van der Waals surface area contributed by atoms with Crippen molar-refractivity contribution in [3.63, 3.8) is 0 Å². The van der Waals surface area contributed by atoms with Crippen LogP contribution in [0.25, 0.3) is 61.0 Å². The van der Waals surface area contributed by atoms with Gasteiger partial charge in [-0.05, 0) is 64.8 Å². The van der Waals surface area contributed by atoms with E-state index in [1.54, 1.807) is 0 Å². The summed E-state index contributed by atoms with van der Waals surface area (Å²) in [5, 5.41) is 5.12. The number of rotatable bonds is 3. The standard InChI is InChI=1S/C31H19ClN4/c32-31-34-29(20-8-2-1-3-9-20)33-30(35-31)21-14-16-24(17-15-21)36-27-13-7-6-12-25(27)26-18-22-10-4-5-11-23(22)19-28(26)36/h1-19H. The molecule has 0 aliphatic heterocycles. The van der Waals surface area contributed by atoms with E-state index in [1.807, 2.05) is 42.5 Å². The van der Waals surface area contributed by atoms with Crippen molar-refractivity contribution in [3.8, 4) is 28.5 Å². The van der Waals surface area contributed by atoms with Gasteiger partial charge in [-0.2, -0.15) is 9.97 Å². The SMILES string of the molecule is Clc1nc(-c2ccccc2)nc(-c2ccc(-n3c4ccccc4c4cc5ccccc5cc43)cc2)n1. The van der Waals surface area contributed by atoms with Gasteiger partial charge in [0.2, 0.25) is 5.28 Å². The second-order valence-corrected chi connectivity index (χ2v) is 9.07. The first-order valence-electron chi connectivity index (χ1n) is 11.7. The highest BCUT2D eigenvalue weighted by Gasteiger charge is 2.14. The number of para-hydroxylation sites is 1. The molecular formula is C31H19ClN4. The van der Waals surface area contributed by atoms with Crippen LogP contribution in [0.15, 0.2) is 115 Å². The van der Waals surface area contributed by atoms with E-state index >= 15 is 0 Å². The van der Waals surface area contributed by atoms with Gasteiger partial charge in [-0.3, -0.25) is 0 Å². The molecule has 7 aromatic rings. The molecule has 0 bridgehead atoms. The summed E-state index contributed by atoms with van der Waals surface area (Å²) in [5.74, 6) is 1.11. The van der Waals surface area contributed by atoms with Gasteiger partial charge in [-0.1, -0.05) is 72.8 Å². The minimum atomic E-state index is 0.178. The van der Waals surface area contributed by atoms with Crippen molar-refractivity contribution in [2.24, 2.45) is 0 Å². The summed E-state index contributed by atoms with van der Waals surface area (Å²) in [4.78, 5) is 13.4. The third-order valence-electron chi connectivity index (χ3n) is 6.56. The Kier molecular flexibility index (Phi) is 4.79. The zero-order chi connectivity index (χ0) is 24.1. The lowest BCUT2D eigenvalue weighted by Crippen LogP contribution is -1.98. The molecule has 0 saturated heterocycles. The first kappa shape index (κ1) is 20.8. The molecule has 2 heterocycles. The highest BCUT2D eigenvalue weighted by atomic mass is 35.5. The maximum atomic E-state index is 6.27. The maximum absolute atomic E-state index is 6.27. The van der Waals surface area contributed by atoms with E-state index in [0.717, 1.165) is 16.8 Å². The Morgan fingerprint density at radius 2 is 1.11 bits per heavy atom. The van der Waals surface area contributed by atoms with Crippen LogP contribution in [-0.2, 0) is 0 Å². The first-order chi connectivity index (χ1) is 17.7. The molecule has 0 spiro atoms. The van der Waals surface area contributed by atoms with Crippen LogP contribution in [0.2, 0.25) is 5.28 Å². The van der Waals surface area contributed by atoms with Crippen molar-refractivity contribution in [1.29, 1.82) is 0 Å². The Morgan fingerprint density at radius 1 is 0.500 bits per heavy atom. The van der Waals surface area contributed by atoms with Crippen molar-refractivity contribution in [2.75, 3.05) is 0 Å². The fourth-order valence-corrected chi connectivity index (χ4v) is 5.05. The van der Waals surface area contributed by atoms with Crippen molar-refractivity contribution in [3.05, 3.63) is 121 Å². The smallest absolute Gasteiger partial charge is 0.226 e. The summed E-state index contributed by atoms with van der Waals surface area (Å²) in [6.45, 7) is 0. The Hall–Kier alpha value is -4.54. The summed E-state index contributed by atoms with van der Waals surface area (Å²) < 4.78 is 2.32. The summed E-state index contributed by atoms with van der Waals surface area (Å²) >= 11 is 6.27. The molecule has 0 unspecified atom stereocenters. The normalized spacial score (nSPS) is 11.5. The van der Waals surface area contributed by atoms with Gasteiger partial charge in [0.15, 0.2) is 11.6 Å². The number of hydrogen-bond acceptors (Lipinski definition) is 3. The minimum absolute atomic E-state index is 0.178. The highest BCUT2D eigenvalue weighted by molar-refractivity contribution is 6.28. The fourth-order valence-electron chi connectivity index (χ4n) is 4.89. The Labute approximate surface area is 212 Å². The van der Waals surface area contributed by atoms with Gasteiger partial charge in [-0.25, -0.2) is 4.98 Å². The number of nitrogens with zero attached hydrogens (tertiary/aromatic N) is 4. The maximum Gasteiger partial charge on any atom is 0.226 e. The van der Waals surface area contributed by atoms with Gasteiger partial charge < -0.3 is 4.57 Å². The molecule has 0 aliphatic carbocycles. The lowest BCUT2D eigenvalue weighted by molar-refractivity contribution is 1.06. The highest BCUT2D eigenvalue weighted by Crippen LogP contribution is 2.35. The molecule has 36 heavy (non-hydrogen) atoms. The molecular weight excluding hydrogens is 464 g/mol. The van der Waals surface area contributed by atoms with E-state index in [4.69, 9.17) is 11.6 Å². The van der Waals surface area contributed by atoms with Gasteiger partial charge >= 0.3 is 0 Å². The number of benzene rings is 5. The number of halogens is 1. The van der Waals surface area contributed by atoms with E-state index < -0.39 is 0 Å². The third-order valence-corrected chi connectivity index (χ3v) is 6.73. The molecule has 170 valence electrons. The van der Waals surface area contributed by atoms with Gasteiger partial charge in [0.1, 0.15) is 0 Å². The Morgan fingerprint density at radius 3 is 1.86 bits per heavy atom. The summed E-state index contributed by atoms with van der Waals surface area (Å²) in [7, 11) is 0. The molecule has 0 saturated carbocycles. The zero-order valence-electron chi connectivity index (χ0n) is 19.1. The molecule has 0 N–H and O–H groups in total. The molecule has 0 amide bonds. The lowest BCUT2D eigenvalue weighted by Gasteiger charge is -2.10. The summed E-state index contributed by atoms with van der Waals surface area (Å²) in [6, 6.07) is 39.7. The molecule has 2 aromatic heterocycles. The molecule has 0 aliphatic rings. The molecule has 5 aromatic carbocycles. The van der Waals surface area contributed by atoms with Crippen LogP contribution in [0.5, 0.6) is 0 Å². The van der Waals surface area contributed by atoms with Gasteiger partial charge in [-0.15, -0.1) is 0 Å². The molecule has 5 heteroatoms. The molecule has 0 fully saturated rings. The first-order valence-corrected chi connectivity index (χ1v) is 12.1. The number of aromatic nitrogens is 4. The minimum Gasteiger partial charge on any atom is -0.309 e. The topological polar surface area (TPSA) is 43.6 Å². The van der Waals surface area contributed by atoms with Gasteiger partial charge in [0.05, 0.1) is 11.0 Å². The largest absolute Gasteiger partial charge is 0.309 e. The van der Waals surface area contributed by atoms with Crippen molar-refractivity contribution < 1.29 is 0 Å². The average molecular weight is 483 g/mol. The Balaban J connectivity index is 1.38. The summed E-state index contributed by atoms with van der Waals surface area (Å²) in [5.41, 5.74) is 5.20. The monoisotopic (exact) mass is 482 g/mol. The van der Waals surface area contributed by atoms with Crippen LogP contribution in [-0.4, -0.2) is 19.5 Å². The zero-order valence-corrected chi connectivity index (χ0v) is 19.9. The van der Waals surface area contributed by atoms with Crippen LogP contribution in [0.4, 0.5) is 0 Å². The fraction of sp³-hybridized carbons (Fsp3) is 0. The van der Waals surface area contributed by atoms with E-state index in [1.165, 1.54) is 32.6 Å². The van der Waals surface area contributed by atoms with E-state index in [2.05, 4.69) is 92.3 Å². The van der Waals surface area contributed by atoms with Crippen LogP contribution >= 0.6 is 11.6 Å². The van der Waals surface area contributed by atoms with Crippen molar-refractivity contribution in [1.82, 2.24) is 19.5 Å². The second-order valence-electron chi connectivity index (χ2n) is 8.73. The lowest BCUT2D eigenvalue weighted by atomic mass is 10.1. The second kappa shape index (κ2) is 8.29. The van der Waals surface area contributed by atoms with E-state index in [0.29, 0.717) is 11.6 Å². The molecule has 0 atom stereocenters.